The normalized spacial score (nSPS) is 13.1. The molecule has 27 heavy (non-hydrogen) atoms. The maximum Gasteiger partial charge on any atom is 0.344 e. The zero-order valence-electron chi connectivity index (χ0n) is 15.4. The molecule has 0 fully saturated rings. The Kier molecular flexibility index (Phi) is 5.80. The van der Waals surface area contributed by atoms with Crippen LogP contribution in [0.5, 0.6) is 0 Å². The molecule has 0 radical (unpaired) electrons. The number of aromatic nitrogens is 3. The Morgan fingerprint density at radius 1 is 1.07 bits per heavy atom. The quantitative estimate of drug-likeness (QED) is 0.703. The molecule has 2 N–H and O–H groups in total. The number of para-hydroxylation sites is 1. The number of carbonyl (C=O) groups excluding carboxylic acids is 2. The highest BCUT2D eigenvalue weighted by atomic mass is 16.2. The predicted octanol–water partition coefficient (Wildman–Crippen LogP) is 2.72. The number of benzene rings is 2. The lowest BCUT2D eigenvalue weighted by atomic mass is 9.98. The Hall–Kier alpha value is -3.22. The second-order valence-electron chi connectivity index (χ2n) is 6.51. The van der Waals surface area contributed by atoms with Gasteiger partial charge < -0.3 is 10.6 Å². The van der Waals surface area contributed by atoms with Crippen LogP contribution in [0.4, 0.5) is 4.79 Å². The fraction of sp³-hybridized carbons (Fsp3) is 0.300. The molecule has 2 aromatic carbocycles. The summed E-state index contributed by atoms with van der Waals surface area (Å²) in [6, 6.07) is 15.7. The van der Waals surface area contributed by atoms with Crippen LogP contribution < -0.4 is 10.6 Å². The summed E-state index contributed by atoms with van der Waals surface area (Å²) in [5.74, 6) is -0.245. The van der Waals surface area contributed by atoms with Crippen LogP contribution in [0.15, 0.2) is 54.6 Å². The molecule has 0 spiro atoms. The zero-order chi connectivity index (χ0) is 19.2. The molecule has 0 saturated heterocycles. The average Bonchev–Trinajstić information content (AvgIpc) is 3.14. The monoisotopic (exact) mass is 365 g/mol. The van der Waals surface area contributed by atoms with E-state index in [2.05, 4.69) is 20.9 Å². The topological polar surface area (TPSA) is 88.9 Å². The first-order valence-corrected chi connectivity index (χ1v) is 9.03. The second-order valence-corrected chi connectivity index (χ2v) is 6.51. The van der Waals surface area contributed by atoms with Gasteiger partial charge in [-0.15, -0.1) is 5.10 Å². The van der Waals surface area contributed by atoms with E-state index < -0.39 is 12.1 Å². The van der Waals surface area contributed by atoms with Gasteiger partial charge in [0.05, 0.1) is 5.52 Å². The lowest BCUT2D eigenvalue weighted by Gasteiger charge is -2.23. The SMILES string of the molecule is CCC(C)C(NC(=O)n1nnc2ccccc21)C(=O)NCc1ccccc1. The van der Waals surface area contributed by atoms with E-state index in [9.17, 15) is 9.59 Å². The van der Waals surface area contributed by atoms with Gasteiger partial charge in [0, 0.05) is 6.54 Å². The summed E-state index contributed by atoms with van der Waals surface area (Å²) in [4.78, 5) is 25.4. The van der Waals surface area contributed by atoms with Crippen molar-refractivity contribution in [2.24, 2.45) is 5.92 Å². The molecule has 7 heteroatoms. The van der Waals surface area contributed by atoms with Gasteiger partial charge in [0.1, 0.15) is 11.6 Å². The summed E-state index contributed by atoms with van der Waals surface area (Å²) >= 11 is 0. The number of amides is 2. The van der Waals surface area contributed by atoms with Crippen LogP contribution in [0.25, 0.3) is 11.0 Å². The fourth-order valence-electron chi connectivity index (χ4n) is 2.81. The number of nitrogens with zero attached hydrogens (tertiary/aromatic N) is 3. The lowest BCUT2D eigenvalue weighted by Crippen LogP contribution is -2.51. The van der Waals surface area contributed by atoms with Gasteiger partial charge in [-0.2, -0.15) is 4.68 Å². The van der Waals surface area contributed by atoms with Gasteiger partial charge in [-0.25, -0.2) is 4.79 Å². The fourth-order valence-corrected chi connectivity index (χ4v) is 2.81. The maximum atomic E-state index is 12.7. The van der Waals surface area contributed by atoms with Crippen LogP contribution in [0.1, 0.15) is 25.8 Å². The van der Waals surface area contributed by atoms with Crippen molar-refractivity contribution in [2.75, 3.05) is 0 Å². The van der Waals surface area contributed by atoms with Crippen molar-refractivity contribution in [3.05, 3.63) is 60.2 Å². The minimum Gasteiger partial charge on any atom is -0.350 e. The van der Waals surface area contributed by atoms with E-state index in [-0.39, 0.29) is 11.8 Å². The first kappa shape index (κ1) is 18.6. The Balaban J connectivity index is 1.72. The van der Waals surface area contributed by atoms with Gasteiger partial charge in [-0.3, -0.25) is 4.79 Å². The van der Waals surface area contributed by atoms with E-state index in [4.69, 9.17) is 0 Å². The molecule has 1 aromatic heterocycles. The summed E-state index contributed by atoms with van der Waals surface area (Å²) in [5.41, 5.74) is 2.23. The Morgan fingerprint density at radius 2 is 1.78 bits per heavy atom. The molecule has 0 aliphatic heterocycles. The summed E-state index contributed by atoms with van der Waals surface area (Å²) in [6.45, 7) is 4.33. The Labute approximate surface area is 157 Å². The minimum absolute atomic E-state index is 0.0282. The Morgan fingerprint density at radius 3 is 2.52 bits per heavy atom. The van der Waals surface area contributed by atoms with Crippen molar-refractivity contribution in [1.29, 1.82) is 0 Å². The third-order valence-electron chi connectivity index (χ3n) is 4.63. The van der Waals surface area contributed by atoms with Gasteiger partial charge >= 0.3 is 6.03 Å². The standard InChI is InChI=1S/C20H23N5O2/c1-3-14(2)18(19(26)21-13-15-9-5-4-6-10-15)22-20(27)25-17-12-8-7-11-16(17)23-24-25/h4-12,14,18H,3,13H2,1-2H3,(H,21,26)(H,22,27). The van der Waals surface area contributed by atoms with Crippen molar-refractivity contribution in [2.45, 2.75) is 32.9 Å². The summed E-state index contributed by atoms with van der Waals surface area (Å²) in [5, 5.41) is 13.6. The van der Waals surface area contributed by atoms with Gasteiger partial charge in [-0.05, 0) is 23.6 Å². The molecule has 3 rings (SSSR count). The molecule has 0 aliphatic rings. The first-order valence-electron chi connectivity index (χ1n) is 9.03. The van der Waals surface area contributed by atoms with E-state index in [1.54, 1.807) is 12.1 Å². The number of carbonyl (C=O) groups is 2. The molecule has 3 aromatic rings. The number of hydrogen-bond acceptors (Lipinski definition) is 4. The average molecular weight is 365 g/mol. The van der Waals surface area contributed by atoms with Crippen LogP contribution in [0, 0.1) is 5.92 Å². The van der Waals surface area contributed by atoms with Crippen LogP contribution in [0.2, 0.25) is 0 Å². The molecule has 1 heterocycles. The van der Waals surface area contributed by atoms with E-state index in [1.807, 2.05) is 56.3 Å². The van der Waals surface area contributed by atoms with Crippen molar-refractivity contribution >= 4 is 23.0 Å². The van der Waals surface area contributed by atoms with Gasteiger partial charge in [-0.1, -0.05) is 67.9 Å². The molecule has 140 valence electrons. The van der Waals surface area contributed by atoms with Crippen molar-refractivity contribution in [3.63, 3.8) is 0 Å². The number of rotatable bonds is 6. The summed E-state index contributed by atoms with van der Waals surface area (Å²) in [7, 11) is 0. The minimum atomic E-state index is -0.658. The van der Waals surface area contributed by atoms with Crippen molar-refractivity contribution in [3.8, 4) is 0 Å². The zero-order valence-corrected chi connectivity index (χ0v) is 15.4. The second kappa shape index (κ2) is 8.44. The highest BCUT2D eigenvalue weighted by molar-refractivity contribution is 5.91. The maximum absolute atomic E-state index is 12.7. The third-order valence-corrected chi connectivity index (χ3v) is 4.63. The van der Waals surface area contributed by atoms with E-state index in [0.29, 0.717) is 17.6 Å². The van der Waals surface area contributed by atoms with Crippen LogP contribution >= 0.6 is 0 Å². The molecular weight excluding hydrogens is 342 g/mol. The molecule has 0 bridgehead atoms. The smallest absolute Gasteiger partial charge is 0.344 e. The van der Waals surface area contributed by atoms with Crippen LogP contribution in [0.3, 0.4) is 0 Å². The van der Waals surface area contributed by atoms with Crippen LogP contribution in [-0.4, -0.2) is 33.0 Å². The Bertz CT molecular complexity index is 922. The van der Waals surface area contributed by atoms with E-state index >= 15 is 0 Å². The third kappa shape index (κ3) is 4.31. The highest BCUT2D eigenvalue weighted by Gasteiger charge is 2.27. The molecule has 2 amide bonds. The first-order chi connectivity index (χ1) is 13.1. The van der Waals surface area contributed by atoms with Crippen molar-refractivity contribution in [1.82, 2.24) is 25.6 Å². The molecule has 2 unspecified atom stereocenters. The molecular formula is C20H23N5O2. The molecule has 2 atom stereocenters. The van der Waals surface area contributed by atoms with E-state index in [0.717, 1.165) is 12.0 Å². The largest absolute Gasteiger partial charge is 0.350 e. The molecule has 0 aliphatic carbocycles. The van der Waals surface area contributed by atoms with Gasteiger partial charge in [0.15, 0.2) is 0 Å². The molecule has 0 saturated carbocycles. The number of hydrogen-bond donors (Lipinski definition) is 2. The lowest BCUT2D eigenvalue weighted by molar-refractivity contribution is -0.124. The summed E-state index contributed by atoms with van der Waals surface area (Å²) < 4.78 is 1.19. The van der Waals surface area contributed by atoms with Crippen LogP contribution in [-0.2, 0) is 11.3 Å². The molecule has 7 nitrogen and oxygen atoms in total. The van der Waals surface area contributed by atoms with Crippen molar-refractivity contribution < 1.29 is 9.59 Å². The summed E-state index contributed by atoms with van der Waals surface area (Å²) in [6.07, 6.45) is 0.752. The number of fused-ring (bicyclic) bond motifs is 1. The van der Waals surface area contributed by atoms with Gasteiger partial charge in [0.25, 0.3) is 0 Å². The number of nitrogens with one attached hydrogen (secondary N) is 2. The van der Waals surface area contributed by atoms with Gasteiger partial charge in [0.2, 0.25) is 5.91 Å². The highest BCUT2D eigenvalue weighted by Crippen LogP contribution is 2.12. The predicted molar refractivity (Wildman–Crippen MR) is 103 cm³/mol. The van der Waals surface area contributed by atoms with E-state index in [1.165, 1.54) is 4.68 Å².